The third-order valence-corrected chi connectivity index (χ3v) is 12.9. The molecule has 6 atom stereocenters. The van der Waals surface area contributed by atoms with Gasteiger partial charge in [0.1, 0.15) is 18.8 Å². The number of allylic oxidation sites excluding steroid dienone is 14. The lowest BCUT2D eigenvalue weighted by Gasteiger charge is -2.40. The summed E-state index contributed by atoms with van der Waals surface area (Å²) in [5, 5.41) is 31.5. The topological polar surface area (TPSA) is 175 Å². The van der Waals surface area contributed by atoms with Crippen LogP contribution in [0.4, 0.5) is 0 Å². The third-order valence-electron chi connectivity index (χ3n) is 12.9. The van der Waals surface area contributed by atoms with E-state index >= 15 is 0 Å². The molecule has 0 radical (unpaired) electrons. The summed E-state index contributed by atoms with van der Waals surface area (Å²) >= 11 is 0. The quantitative estimate of drug-likeness (QED) is 0.0228. The molecule has 428 valence electrons. The Balaban J connectivity index is 2.72. The highest BCUT2D eigenvalue weighted by atomic mass is 16.7. The molecule has 1 aliphatic rings. The number of carboxylic acids is 1. The van der Waals surface area contributed by atoms with Gasteiger partial charge in [0.15, 0.2) is 24.6 Å². The van der Waals surface area contributed by atoms with Gasteiger partial charge in [-0.3, -0.25) is 14.4 Å². The van der Waals surface area contributed by atoms with Gasteiger partial charge in [-0.05, 0) is 116 Å². The number of ether oxygens (including phenoxy) is 5. The van der Waals surface area contributed by atoms with Gasteiger partial charge in [0.2, 0.25) is 0 Å². The van der Waals surface area contributed by atoms with E-state index < -0.39 is 67.3 Å². The molecule has 0 aromatic rings. The number of hydrogen-bond donors (Lipinski definition) is 3. The summed E-state index contributed by atoms with van der Waals surface area (Å²) in [5.74, 6) is -3.20. The molecule has 0 amide bonds. The SMILES string of the molecule is CC/C=C\C/C=C\C/C=C\C/C=C\CCCCC(=O)OCC(COC1OC(C(=O)O)C(O)C(O)C1OC(=O)CCCCCCCCC/C=C\C/C=C\CCCCC)OC(=O)CCCCCCC/C=C\CCCCCC. The number of esters is 3. The van der Waals surface area contributed by atoms with E-state index in [-0.39, 0.29) is 25.9 Å². The zero-order chi connectivity index (χ0) is 54.7. The van der Waals surface area contributed by atoms with E-state index in [4.69, 9.17) is 23.7 Å². The van der Waals surface area contributed by atoms with Crippen molar-refractivity contribution in [2.45, 2.75) is 276 Å². The van der Waals surface area contributed by atoms with Crippen LogP contribution < -0.4 is 0 Å². The fraction of sp³-hybridized carbons (Fsp3) is 0.714. The van der Waals surface area contributed by atoms with Crippen molar-refractivity contribution in [2.24, 2.45) is 0 Å². The molecule has 1 fully saturated rings. The zero-order valence-electron chi connectivity index (χ0n) is 47.0. The van der Waals surface area contributed by atoms with Crippen LogP contribution in [0, 0.1) is 0 Å². The van der Waals surface area contributed by atoms with E-state index in [9.17, 15) is 34.5 Å². The second-order valence-corrected chi connectivity index (χ2v) is 19.9. The maximum Gasteiger partial charge on any atom is 0.335 e. The van der Waals surface area contributed by atoms with Gasteiger partial charge >= 0.3 is 23.9 Å². The smallest absolute Gasteiger partial charge is 0.335 e. The van der Waals surface area contributed by atoms with E-state index in [0.717, 1.165) is 135 Å². The number of carbonyl (C=O) groups excluding carboxylic acids is 3. The van der Waals surface area contributed by atoms with Crippen molar-refractivity contribution in [2.75, 3.05) is 13.2 Å². The predicted octanol–water partition coefficient (Wildman–Crippen LogP) is 15.1. The fourth-order valence-corrected chi connectivity index (χ4v) is 8.38. The van der Waals surface area contributed by atoms with Crippen molar-refractivity contribution in [3.63, 3.8) is 0 Å². The summed E-state index contributed by atoms with van der Waals surface area (Å²) in [5.41, 5.74) is 0. The van der Waals surface area contributed by atoms with Crippen LogP contribution in [0.5, 0.6) is 0 Å². The van der Waals surface area contributed by atoms with Gasteiger partial charge in [0.05, 0.1) is 6.61 Å². The molecule has 0 aliphatic carbocycles. The molecule has 0 bridgehead atoms. The van der Waals surface area contributed by atoms with Crippen LogP contribution in [0.2, 0.25) is 0 Å². The van der Waals surface area contributed by atoms with Crippen LogP contribution in [0.3, 0.4) is 0 Å². The Morgan fingerprint density at radius 2 is 0.840 bits per heavy atom. The Kier molecular flexibility index (Phi) is 46.6. The zero-order valence-corrected chi connectivity index (χ0v) is 47.0. The summed E-state index contributed by atoms with van der Waals surface area (Å²) in [6.07, 6.45) is 52.6. The lowest BCUT2D eigenvalue weighted by Crippen LogP contribution is -2.61. The molecule has 0 aromatic heterocycles. The monoisotopic (exact) mass is 1050 g/mol. The molecule has 0 spiro atoms. The Morgan fingerprint density at radius 1 is 0.453 bits per heavy atom. The van der Waals surface area contributed by atoms with Crippen LogP contribution in [0.1, 0.15) is 239 Å². The molecule has 0 saturated carbocycles. The predicted molar refractivity (Wildman–Crippen MR) is 303 cm³/mol. The van der Waals surface area contributed by atoms with Gasteiger partial charge in [-0.1, -0.05) is 189 Å². The lowest BCUT2D eigenvalue weighted by atomic mass is 9.98. The van der Waals surface area contributed by atoms with Crippen molar-refractivity contribution in [1.29, 1.82) is 0 Å². The summed E-state index contributed by atoms with van der Waals surface area (Å²) in [6.45, 7) is 5.79. The molecule has 1 heterocycles. The Hall–Kier alpha value is -4.10. The van der Waals surface area contributed by atoms with Gasteiger partial charge in [0.25, 0.3) is 0 Å². The first-order valence-electron chi connectivity index (χ1n) is 29.6. The van der Waals surface area contributed by atoms with Gasteiger partial charge in [-0.25, -0.2) is 4.79 Å². The number of aliphatic carboxylic acids is 1. The number of rotatable bonds is 49. The number of aliphatic hydroxyl groups excluding tert-OH is 2. The minimum Gasteiger partial charge on any atom is -0.479 e. The van der Waals surface area contributed by atoms with Crippen molar-refractivity contribution in [3.05, 3.63) is 85.1 Å². The van der Waals surface area contributed by atoms with E-state index in [0.29, 0.717) is 19.3 Å². The minimum atomic E-state index is -1.91. The molecule has 1 saturated heterocycles. The number of unbranched alkanes of at least 4 members (excludes halogenated alkanes) is 21. The van der Waals surface area contributed by atoms with Gasteiger partial charge in [0, 0.05) is 19.3 Å². The van der Waals surface area contributed by atoms with Crippen LogP contribution in [0.25, 0.3) is 0 Å². The Bertz CT molecular complexity index is 1630. The van der Waals surface area contributed by atoms with E-state index in [1.165, 1.54) is 44.9 Å². The molecule has 75 heavy (non-hydrogen) atoms. The molecule has 12 nitrogen and oxygen atoms in total. The number of hydrogen-bond acceptors (Lipinski definition) is 11. The molecule has 6 unspecified atom stereocenters. The van der Waals surface area contributed by atoms with Gasteiger partial charge in [-0.2, -0.15) is 0 Å². The summed E-state index contributed by atoms with van der Waals surface area (Å²) < 4.78 is 28.4. The minimum absolute atomic E-state index is 0.0438. The third kappa shape index (κ3) is 40.8. The van der Waals surface area contributed by atoms with E-state index in [1.54, 1.807) is 0 Å². The molecular formula is C63H104O12. The molecule has 1 aliphatic heterocycles. The van der Waals surface area contributed by atoms with Crippen LogP contribution in [-0.4, -0.2) is 89.2 Å². The summed E-state index contributed by atoms with van der Waals surface area (Å²) in [6, 6.07) is 0. The number of carboxylic acid groups (broad SMARTS) is 1. The number of aliphatic hydroxyl groups is 2. The van der Waals surface area contributed by atoms with Crippen molar-refractivity contribution >= 4 is 23.9 Å². The fourth-order valence-electron chi connectivity index (χ4n) is 8.38. The van der Waals surface area contributed by atoms with Gasteiger partial charge < -0.3 is 39.0 Å². The first kappa shape index (κ1) is 68.9. The van der Waals surface area contributed by atoms with Crippen molar-refractivity contribution in [1.82, 2.24) is 0 Å². The largest absolute Gasteiger partial charge is 0.479 e. The van der Waals surface area contributed by atoms with E-state index in [1.807, 2.05) is 0 Å². The highest BCUT2D eigenvalue weighted by molar-refractivity contribution is 5.74. The normalized spacial score (nSPS) is 18.8. The first-order chi connectivity index (χ1) is 36.6. The highest BCUT2D eigenvalue weighted by Crippen LogP contribution is 2.26. The summed E-state index contributed by atoms with van der Waals surface area (Å²) in [7, 11) is 0. The van der Waals surface area contributed by atoms with Crippen molar-refractivity contribution in [3.8, 4) is 0 Å². The van der Waals surface area contributed by atoms with Crippen LogP contribution >= 0.6 is 0 Å². The Morgan fingerprint density at radius 3 is 1.35 bits per heavy atom. The highest BCUT2D eigenvalue weighted by Gasteiger charge is 2.50. The molecule has 0 aromatic carbocycles. The van der Waals surface area contributed by atoms with Crippen LogP contribution in [-0.2, 0) is 42.9 Å². The second-order valence-electron chi connectivity index (χ2n) is 19.9. The lowest BCUT2D eigenvalue weighted by molar-refractivity contribution is -0.301. The average molecular weight is 1050 g/mol. The molecule has 12 heteroatoms. The Labute approximate surface area is 454 Å². The molecule has 1 rings (SSSR count). The maximum absolute atomic E-state index is 13.1. The van der Waals surface area contributed by atoms with Crippen LogP contribution in [0.15, 0.2) is 85.1 Å². The summed E-state index contributed by atoms with van der Waals surface area (Å²) in [4.78, 5) is 51.1. The van der Waals surface area contributed by atoms with Crippen molar-refractivity contribution < 1.29 is 58.2 Å². The second kappa shape index (κ2) is 50.7. The standard InChI is InChI=1S/C63H104O12/c1-4-7-10-13-16-19-22-25-27-28-30-33-36-39-42-45-48-51-57(66)74-61-59(68)58(67)60(62(69)70)75-63(61)72-53-54(73-56(65)50-47-44-41-38-35-31-24-21-18-15-12-9-6-3)52-71-55(64)49-46-43-40-37-34-32-29-26-23-20-17-14-11-8-5-2/h8,11,16-17,19-21,24-27,29,34,37,54,58-61,63,67-68H,4-7,9-10,12-15,18,22-23,28,30-33,35-36,38-53H2,1-3H3,(H,69,70)/b11-8-,19-16-,20-17-,24-21-,27-25-,29-26-,37-34-. The van der Waals surface area contributed by atoms with Gasteiger partial charge in [-0.15, -0.1) is 0 Å². The molecular weight excluding hydrogens is 949 g/mol. The molecule has 3 N–H and O–H groups in total. The first-order valence-corrected chi connectivity index (χ1v) is 29.6. The number of carbonyl (C=O) groups is 4. The maximum atomic E-state index is 13.1. The van der Waals surface area contributed by atoms with E-state index in [2.05, 4.69) is 106 Å². The average Bonchev–Trinajstić information content (AvgIpc) is 3.39.